The summed E-state index contributed by atoms with van der Waals surface area (Å²) in [6.07, 6.45) is -2.52. The SMILES string of the molecule is CCOC(=O)c1nn(C(OC(=O)OC(C)C)C(C)C)nc1C(=O)c1ccc(OC)c(OC(C)C)c1. The van der Waals surface area contributed by atoms with E-state index in [0.717, 1.165) is 4.80 Å². The summed E-state index contributed by atoms with van der Waals surface area (Å²) in [6, 6.07) is 4.62. The Bertz CT molecular complexity index is 1050. The van der Waals surface area contributed by atoms with Crippen LogP contribution in [0.3, 0.4) is 0 Å². The van der Waals surface area contributed by atoms with E-state index in [-0.39, 0.29) is 35.6 Å². The molecule has 0 aliphatic rings. The van der Waals surface area contributed by atoms with Crippen LogP contribution in [-0.2, 0) is 14.2 Å². The van der Waals surface area contributed by atoms with Crippen LogP contribution in [0.2, 0.25) is 0 Å². The van der Waals surface area contributed by atoms with Gasteiger partial charge in [-0.1, -0.05) is 13.8 Å². The Labute approximate surface area is 204 Å². The molecule has 11 nitrogen and oxygen atoms in total. The second-order valence-corrected chi connectivity index (χ2v) is 8.47. The molecule has 0 fully saturated rings. The minimum Gasteiger partial charge on any atom is -0.493 e. The molecule has 0 radical (unpaired) electrons. The van der Waals surface area contributed by atoms with Crippen molar-refractivity contribution in [2.24, 2.45) is 5.92 Å². The summed E-state index contributed by atoms with van der Waals surface area (Å²) in [7, 11) is 1.49. The van der Waals surface area contributed by atoms with Crippen molar-refractivity contribution in [2.45, 2.75) is 66.9 Å². The molecule has 0 saturated heterocycles. The topological polar surface area (TPSA) is 128 Å². The van der Waals surface area contributed by atoms with Crippen LogP contribution in [0.15, 0.2) is 18.2 Å². The van der Waals surface area contributed by atoms with Crippen LogP contribution in [0.5, 0.6) is 11.5 Å². The van der Waals surface area contributed by atoms with E-state index in [1.807, 2.05) is 13.8 Å². The zero-order chi connectivity index (χ0) is 26.3. The third-order valence-electron chi connectivity index (χ3n) is 4.45. The highest BCUT2D eigenvalue weighted by Gasteiger charge is 2.31. The fraction of sp³-hybridized carbons (Fsp3) is 0.542. The lowest BCUT2D eigenvalue weighted by Crippen LogP contribution is -2.26. The van der Waals surface area contributed by atoms with Crippen LogP contribution >= 0.6 is 0 Å². The van der Waals surface area contributed by atoms with Crippen LogP contribution in [0.1, 0.15) is 81.2 Å². The van der Waals surface area contributed by atoms with Gasteiger partial charge in [0.15, 0.2) is 17.2 Å². The predicted octanol–water partition coefficient (Wildman–Crippen LogP) is 4.20. The summed E-state index contributed by atoms with van der Waals surface area (Å²) in [5, 5.41) is 8.38. The van der Waals surface area contributed by atoms with Gasteiger partial charge in [0.25, 0.3) is 0 Å². The van der Waals surface area contributed by atoms with Crippen molar-refractivity contribution in [3.63, 3.8) is 0 Å². The summed E-state index contributed by atoms with van der Waals surface area (Å²) in [5.74, 6) is -0.934. The summed E-state index contributed by atoms with van der Waals surface area (Å²) in [6.45, 7) is 12.3. The van der Waals surface area contributed by atoms with E-state index in [1.165, 1.54) is 19.2 Å². The number of hydrogen-bond acceptors (Lipinski definition) is 10. The maximum absolute atomic E-state index is 13.4. The number of carbonyl (C=O) groups excluding carboxylic acids is 3. The van der Waals surface area contributed by atoms with Crippen molar-refractivity contribution < 1.29 is 38.1 Å². The van der Waals surface area contributed by atoms with Gasteiger partial charge in [0.05, 0.1) is 25.9 Å². The lowest BCUT2D eigenvalue weighted by Gasteiger charge is -2.20. The molecular formula is C24H33N3O8. The van der Waals surface area contributed by atoms with Gasteiger partial charge in [-0.3, -0.25) is 4.79 Å². The minimum absolute atomic E-state index is 0.0685. The molecule has 192 valence electrons. The standard InChI is InChI=1S/C24H33N3O8/c1-9-32-23(29)20-19(21(28)16-10-11-17(31-8)18(12-16)33-14(4)5)25-27(26-20)22(13(2)3)35-24(30)34-15(6)7/h10-15,22H,9H2,1-8H3. The summed E-state index contributed by atoms with van der Waals surface area (Å²) in [4.78, 5) is 39.2. The molecule has 11 heteroatoms. The van der Waals surface area contributed by atoms with Crippen molar-refractivity contribution in [2.75, 3.05) is 13.7 Å². The average molecular weight is 492 g/mol. The van der Waals surface area contributed by atoms with Gasteiger partial charge in [-0.05, 0) is 52.8 Å². The first-order chi connectivity index (χ1) is 16.5. The molecule has 1 unspecified atom stereocenters. The number of carbonyl (C=O) groups is 3. The van der Waals surface area contributed by atoms with Gasteiger partial charge in [0.2, 0.25) is 17.7 Å². The normalized spacial score (nSPS) is 12.0. The fourth-order valence-corrected chi connectivity index (χ4v) is 3.00. The van der Waals surface area contributed by atoms with Gasteiger partial charge in [0.1, 0.15) is 0 Å². The number of hydrogen-bond donors (Lipinski definition) is 0. The summed E-state index contributed by atoms with van der Waals surface area (Å²) < 4.78 is 26.5. The van der Waals surface area contributed by atoms with Crippen molar-refractivity contribution in [3.05, 3.63) is 35.2 Å². The third-order valence-corrected chi connectivity index (χ3v) is 4.45. The molecule has 0 aliphatic carbocycles. The van der Waals surface area contributed by atoms with Crippen molar-refractivity contribution in [1.29, 1.82) is 0 Å². The second-order valence-electron chi connectivity index (χ2n) is 8.47. The largest absolute Gasteiger partial charge is 0.510 e. The molecule has 1 aromatic carbocycles. The molecule has 35 heavy (non-hydrogen) atoms. The van der Waals surface area contributed by atoms with Crippen molar-refractivity contribution >= 4 is 17.9 Å². The molecular weight excluding hydrogens is 458 g/mol. The first-order valence-corrected chi connectivity index (χ1v) is 11.4. The number of ether oxygens (including phenoxy) is 5. The lowest BCUT2D eigenvalue weighted by atomic mass is 10.1. The molecule has 2 aromatic rings. The van der Waals surface area contributed by atoms with E-state index >= 15 is 0 Å². The number of methoxy groups -OCH3 is 1. The number of ketones is 1. The van der Waals surface area contributed by atoms with E-state index < -0.39 is 30.2 Å². The van der Waals surface area contributed by atoms with E-state index in [2.05, 4.69) is 10.2 Å². The molecule has 1 heterocycles. The second kappa shape index (κ2) is 12.2. The smallest absolute Gasteiger partial charge is 0.493 e. The number of esters is 1. The highest BCUT2D eigenvalue weighted by atomic mass is 16.7. The van der Waals surface area contributed by atoms with Crippen LogP contribution in [0, 0.1) is 5.92 Å². The van der Waals surface area contributed by atoms with Gasteiger partial charge in [-0.2, -0.15) is 0 Å². The first-order valence-electron chi connectivity index (χ1n) is 11.4. The first kappa shape index (κ1) is 27.6. The Morgan fingerprint density at radius 2 is 1.57 bits per heavy atom. The van der Waals surface area contributed by atoms with Gasteiger partial charge in [0, 0.05) is 11.5 Å². The highest BCUT2D eigenvalue weighted by Crippen LogP contribution is 2.30. The van der Waals surface area contributed by atoms with E-state index in [0.29, 0.717) is 11.5 Å². The Balaban J connectivity index is 2.53. The van der Waals surface area contributed by atoms with Gasteiger partial charge in [-0.15, -0.1) is 15.0 Å². The monoisotopic (exact) mass is 491 g/mol. The fourth-order valence-electron chi connectivity index (χ4n) is 3.00. The molecule has 0 amide bonds. The van der Waals surface area contributed by atoms with E-state index in [4.69, 9.17) is 23.7 Å². The molecule has 0 saturated carbocycles. The predicted molar refractivity (Wildman–Crippen MR) is 125 cm³/mol. The average Bonchev–Trinajstić information content (AvgIpc) is 3.21. The molecule has 0 aliphatic heterocycles. The van der Waals surface area contributed by atoms with Crippen LogP contribution in [-0.4, -0.2) is 58.8 Å². The summed E-state index contributed by atoms with van der Waals surface area (Å²) >= 11 is 0. The molecule has 2 rings (SSSR count). The molecule has 0 spiro atoms. The number of aromatic nitrogens is 3. The van der Waals surface area contributed by atoms with E-state index in [1.54, 1.807) is 40.7 Å². The maximum Gasteiger partial charge on any atom is 0.510 e. The quantitative estimate of drug-likeness (QED) is 0.333. The minimum atomic E-state index is -1.04. The number of rotatable bonds is 11. The zero-order valence-corrected chi connectivity index (χ0v) is 21.4. The summed E-state index contributed by atoms with van der Waals surface area (Å²) in [5.41, 5.74) is -0.360. The van der Waals surface area contributed by atoms with Crippen molar-refractivity contribution in [1.82, 2.24) is 15.0 Å². The number of nitrogens with zero attached hydrogens (tertiary/aromatic N) is 3. The zero-order valence-electron chi connectivity index (χ0n) is 21.4. The van der Waals surface area contributed by atoms with Gasteiger partial charge < -0.3 is 23.7 Å². The molecule has 1 aromatic heterocycles. The Kier molecular flexibility index (Phi) is 9.61. The lowest BCUT2D eigenvalue weighted by molar-refractivity contribution is -0.0469. The maximum atomic E-state index is 13.4. The molecule has 0 N–H and O–H groups in total. The van der Waals surface area contributed by atoms with Gasteiger partial charge >= 0.3 is 12.1 Å². The molecule has 0 bridgehead atoms. The van der Waals surface area contributed by atoms with Crippen LogP contribution in [0.25, 0.3) is 0 Å². The Morgan fingerprint density at radius 1 is 0.914 bits per heavy atom. The third kappa shape index (κ3) is 7.17. The van der Waals surface area contributed by atoms with Gasteiger partial charge in [-0.25, -0.2) is 9.59 Å². The Hall–Kier alpha value is -3.63. The molecule has 1 atom stereocenters. The number of benzene rings is 1. The Morgan fingerprint density at radius 3 is 2.11 bits per heavy atom. The highest BCUT2D eigenvalue weighted by molar-refractivity contribution is 6.12. The van der Waals surface area contributed by atoms with E-state index in [9.17, 15) is 14.4 Å². The van der Waals surface area contributed by atoms with Crippen LogP contribution in [0.4, 0.5) is 4.79 Å². The van der Waals surface area contributed by atoms with Crippen LogP contribution < -0.4 is 9.47 Å². The van der Waals surface area contributed by atoms with Crippen molar-refractivity contribution in [3.8, 4) is 11.5 Å².